The highest BCUT2D eigenvalue weighted by Gasteiger charge is 2.01. The Bertz CT molecular complexity index is 1070. The lowest BCUT2D eigenvalue weighted by atomic mass is 10.00. The molecule has 156 valence electrons. The Morgan fingerprint density at radius 3 is 1.42 bits per heavy atom. The fourth-order valence-electron chi connectivity index (χ4n) is 3.76. The summed E-state index contributed by atoms with van der Waals surface area (Å²) in [6.45, 7) is 4.29. The zero-order chi connectivity index (χ0) is 21.5. The van der Waals surface area contributed by atoms with Gasteiger partial charge in [0.05, 0.1) is 0 Å². The van der Waals surface area contributed by atoms with Crippen molar-refractivity contribution in [3.8, 4) is 22.6 Å². The molecule has 0 aromatic heterocycles. The molecular weight excluding hydrogens is 376 g/mol. The molecule has 0 aliphatic heterocycles. The summed E-state index contributed by atoms with van der Waals surface area (Å²) in [6.07, 6.45) is 4.36. The van der Waals surface area contributed by atoms with Crippen molar-refractivity contribution < 1.29 is 4.74 Å². The number of benzene rings is 4. The van der Waals surface area contributed by atoms with E-state index in [1.807, 2.05) is 12.1 Å². The van der Waals surface area contributed by atoms with Crippen LogP contribution in [0.5, 0.6) is 11.5 Å². The van der Waals surface area contributed by atoms with Crippen LogP contribution in [0.1, 0.15) is 35.6 Å². The summed E-state index contributed by atoms with van der Waals surface area (Å²) < 4.78 is 5.96. The fourth-order valence-corrected chi connectivity index (χ4v) is 3.76. The molecule has 0 fully saturated rings. The Morgan fingerprint density at radius 1 is 0.516 bits per heavy atom. The van der Waals surface area contributed by atoms with E-state index in [1.54, 1.807) is 0 Å². The van der Waals surface area contributed by atoms with E-state index in [4.69, 9.17) is 4.74 Å². The molecule has 0 N–H and O–H groups in total. The monoisotopic (exact) mass is 406 g/mol. The van der Waals surface area contributed by atoms with Crippen LogP contribution in [-0.2, 0) is 19.3 Å². The lowest BCUT2D eigenvalue weighted by molar-refractivity contribution is 0.482. The van der Waals surface area contributed by atoms with Crippen molar-refractivity contribution in [3.63, 3.8) is 0 Å². The Morgan fingerprint density at radius 2 is 0.935 bits per heavy atom. The van der Waals surface area contributed by atoms with Crippen molar-refractivity contribution >= 4 is 0 Å². The first kappa shape index (κ1) is 20.9. The van der Waals surface area contributed by atoms with Crippen LogP contribution in [0.4, 0.5) is 0 Å². The molecule has 4 aromatic carbocycles. The maximum Gasteiger partial charge on any atom is 0.127 e. The standard InChI is InChI=1S/C30H30O/c1-3-24-11-19-29(20-12-24)31-30-21-13-26(14-22-30)6-4-5-25-9-17-28(18-10-25)27-15-7-23(2)8-16-27/h7-22H,3-6H2,1-2H3. The van der Waals surface area contributed by atoms with Gasteiger partial charge in [-0.3, -0.25) is 0 Å². The number of aryl methyl sites for hydroxylation is 4. The highest BCUT2D eigenvalue weighted by atomic mass is 16.5. The van der Waals surface area contributed by atoms with Gasteiger partial charge in [0.1, 0.15) is 11.5 Å². The molecule has 0 bridgehead atoms. The van der Waals surface area contributed by atoms with Crippen molar-refractivity contribution in [1.29, 1.82) is 0 Å². The van der Waals surface area contributed by atoms with Crippen molar-refractivity contribution in [1.82, 2.24) is 0 Å². The van der Waals surface area contributed by atoms with Gasteiger partial charge < -0.3 is 4.74 Å². The molecule has 0 heterocycles. The predicted molar refractivity (Wildman–Crippen MR) is 131 cm³/mol. The van der Waals surface area contributed by atoms with Crippen LogP contribution in [0.2, 0.25) is 0 Å². The largest absolute Gasteiger partial charge is 0.457 e. The molecule has 0 atom stereocenters. The Labute approximate surface area is 186 Å². The van der Waals surface area contributed by atoms with Crippen molar-refractivity contribution in [3.05, 3.63) is 119 Å². The van der Waals surface area contributed by atoms with Gasteiger partial charge in [-0.15, -0.1) is 0 Å². The second-order valence-corrected chi connectivity index (χ2v) is 8.16. The van der Waals surface area contributed by atoms with E-state index >= 15 is 0 Å². The molecule has 1 heteroatoms. The molecule has 0 unspecified atom stereocenters. The maximum absolute atomic E-state index is 5.96. The SMILES string of the molecule is CCc1ccc(Oc2ccc(CCCc3ccc(-c4ccc(C)cc4)cc3)cc2)cc1. The topological polar surface area (TPSA) is 9.23 Å². The molecule has 4 rings (SSSR count). The molecule has 0 spiro atoms. The zero-order valence-corrected chi connectivity index (χ0v) is 18.5. The van der Waals surface area contributed by atoms with Crippen molar-refractivity contribution in [2.45, 2.75) is 39.5 Å². The second kappa shape index (κ2) is 10.1. The van der Waals surface area contributed by atoms with Crippen LogP contribution in [-0.4, -0.2) is 0 Å². The Hall–Kier alpha value is -3.32. The average Bonchev–Trinajstić information content (AvgIpc) is 2.82. The van der Waals surface area contributed by atoms with Crippen molar-refractivity contribution in [2.24, 2.45) is 0 Å². The summed E-state index contributed by atoms with van der Waals surface area (Å²) >= 11 is 0. The van der Waals surface area contributed by atoms with Gasteiger partial charge in [0.15, 0.2) is 0 Å². The summed E-state index contributed by atoms with van der Waals surface area (Å²) in [7, 11) is 0. The summed E-state index contributed by atoms with van der Waals surface area (Å²) in [5, 5.41) is 0. The number of hydrogen-bond acceptors (Lipinski definition) is 1. The molecular formula is C30H30O. The van der Waals surface area contributed by atoms with E-state index in [0.29, 0.717) is 0 Å². The van der Waals surface area contributed by atoms with E-state index in [0.717, 1.165) is 37.2 Å². The number of rotatable bonds is 8. The van der Waals surface area contributed by atoms with Crippen LogP contribution in [0.3, 0.4) is 0 Å². The summed E-state index contributed by atoms with van der Waals surface area (Å²) in [5.41, 5.74) is 7.93. The highest BCUT2D eigenvalue weighted by molar-refractivity contribution is 5.63. The first-order valence-corrected chi connectivity index (χ1v) is 11.2. The van der Waals surface area contributed by atoms with Crippen LogP contribution < -0.4 is 4.74 Å². The van der Waals surface area contributed by atoms with Crippen LogP contribution in [0.25, 0.3) is 11.1 Å². The molecule has 1 nitrogen and oxygen atoms in total. The van der Waals surface area contributed by atoms with Gasteiger partial charge in [-0.2, -0.15) is 0 Å². The van der Waals surface area contributed by atoms with Gasteiger partial charge in [0, 0.05) is 0 Å². The molecule has 0 radical (unpaired) electrons. The molecule has 31 heavy (non-hydrogen) atoms. The highest BCUT2D eigenvalue weighted by Crippen LogP contribution is 2.23. The van der Waals surface area contributed by atoms with Crippen LogP contribution in [0.15, 0.2) is 97.1 Å². The quantitative estimate of drug-likeness (QED) is 0.286. The molecule has 0 amide bonds. The van der Waals surface area contributed by atoms with Gasteiger partial charge in [-0.25, -0.2) is 0 Å². The van der Waals surface area contributed by atoms with Gasteiger partial charge >= 0.3 is 0 Å². The maximum atomic E-state index is 5.96. The minimum absolute atomic E-state index is 0.888. The Balaban J connectivity index is 1.27. The fraction of sp³-hybridized carbons (Fsp3) is 0.200. The van der Waals surface area contributed by atoms with E-state index in [9.17, 15) is 0 Å². The summed E-state index contributed by atoms with van der Waals surface area (Å²) in [4.78, 5) is 0. The van der Waals surface area contributed by atoms with E-state index in [-0.39, 0.29) is 0 Å². The number of hydrogen-bond donors (Lipinski definition) is 0. The molecule has 0 saturated heterocycles. The van der Waals surface area contributed by atoms with E-state index in [1.165, 1.54) is 33.4 Å². The Kier molecular flexibility index (Phi) is 6.84. The van der Waals surface area contributed by atoms with Gasteiger partial charge in [-0.05, 0) is 84.7 Å². The second-order valence-electron chi connectivity index (χ2n) is 8.16. The average molecular weight is 407 g/mol. The first-order chi connectivity index (χ1) is 15.2. The van der Waals surface area contributed by atoms with E-state index in [2.05, 4.69) is 98.8 Å². The van der Waals surface area contributed by atoms with Gasteiger partial charge in [0.2, 0.25) is 0 Å². The molecule has 4 aromatic rings. The van der Waals surface area contributed by atoms with E-state index < -0.39 is 0 Å². The third-order valence-corrected chi connectivity index (χ3v) is 5.76. The first-order valence-electron chi connectivity index (χ1n) is 11.2. The van der Waals surface area contributed by atoms with Gasteiger partial charge in [0.25, 0.3) is 0 Å². The predicted octanol–water partition coefficient (Wildman–Crippen LogP) is 8.19. The minimum Gasteiger partial charge on any atom is -0.457 e. The molecule has 0 saturated carbocycles. The summed E-state index contributed by atoms with van der Waals surface area (Å²) in [5.74, 6) is 1.78. The van der Waals surface area contributed by atoms with Crippen molar-refractivity contribution in [2.75, 3.05) is 0 Å². The normalized spacial score (nSPS) is 10.8. The summed E-state index contributed by atoms with van der Waals surface area (Å²) in [6, 6.07) is 34.5. The third-order valence-electron chi connectivity index (χ3n) is 5.76. The number of ether oxygens (including phenoxy) is 1. The van der Waals surface area contributed by atoms with Crippen LogP contribution >= 0.6 is 0 Å². The smallest absolute Gasteiger partial charge is 0.127 e. The lowest BCUT2D eigenvalue weighted by Gasteiger charge is -2.08. The third kappa shape index (κ3) is 5.86. The van der Waals surface area contributed by atoms with Crippen LogP contribution in [0, 0.1) is 6.92 Å². The molecule has 0 aliphatic rings. The molecule has 0 aliphatic carbocycles. The van der Waals surface area contributed by atoms with Gasteiger partial charge in [-0.1, -0.05) is 85.3 Å². The zero-order valence-electron chi connectivity index (χ0n) is 18.5. The lowest BCUT2D eigenvalue weighted by Crippen LogP contribution is -1.91. The minimum atomic E-state index is 0.888.